The van der Waals surface area contributed by atoms with E-state index in [9.17, 15) is 14.7 Å². The van der Waals surface area contributed by atoms with Crippen molar-refractivity contribution in [3.05, 3.63) is 29.8 Å². The van der Waals surface area contributed by atoms with E-state index in [0.29, 0.717) is 5.56 Å². The molecule has 0 saturated carbocycles. The second kappa shape index (κ2) is 9.64. The van der Waals surface area contributed by atoms with Crippen LogP contribution in [0.5, 0.6) is 5.75 Å². The fourth-order valence-corrected chi connectivity index (χ4v) is 1.77. The molecule has 1 unspecified atom stereocenters. The van der Waals surface area contributed by atoms with Gasteiger partial charge in [-0.15, -0.1) is 0 Å². The highest BCUT2D eigenvalue weighted by molar-refractivity contribution is 5.84. The van der Waals surface area contributed by atoms with Crippen LogP contribution in [0.25, 0.3) is 0 Å². The lowest BCUT2D eigenvalue weighted by atomic mass is 9.98. The molecule has 0 aromatic heterocycles. The van der Waals surface area contributed by atoms with Gasteiger partial charge in [-0.25, -0.2) is 4.79 Å². The maximum absolute atomic E-state index is 12.2. The van der Waals surface area contributed by atoms with Crippen molar-refractivity contribution in [2.75, 3.05) is 19.7 Å². The Kier molecular flexibility index (Phi) is 7.45. The summed E-state index contributed by atoms with van der Waals surface area (Å²) in [5, 5.41) is 31.1. The molecule has 0 spiro atoms. The first-order valence-electron chi connectivity index (χ1n) is 6.79. The average Bonchev–Trinajstić information content (AvgIpc) is 2.55. The number of nitriles is 2. The topological polar surface area (TPSA) is 135 Å². The summed E-state index contributed by atoms with van der Waals surface area (Å²) in [6, 6.07) is 9.56. The molecule has 0 fully saturated rings. The van der Waals surface area contributed by atoms with Gasteiger partial charge >= 0.3 is 6.09 Å². The number of phenols is 1. The van der Waals surface area contributed by atoms with Gasteiger partial charge in [-0.2, -0.15) is 10.5 Å². The average molecular weight is 316 g/mol. The highest BCUT2D eigenvalue weighted by atomic mass is 16.5. The summed E-state index contributed by atoms with van der Waals surface area (Å²) in [6.07, 6.45) is -0.633. The smallest absolute Gasteiger partial charge is 0.408 e. The zero-order chi connectivity index (χ0) is 17.1. The molecule has 0 aliphatic heterocycles. The second-order valence-corrected chi connectivity index (χ2v) is 4.46. The van der Waals surface area contributed by atoms with Crippen molar-refractivity contribution >= 4 is 12.0 Å². The van der Waals surface area contributed by atoms with Gasteiger partial charge in [-0.1, -0.05) is 12.1 Å². The monoisotopic (exact) mass is 316 g/mol. The van der Waals surface area contributed by atoms with E-state index in [0.717, 1.165) is 0 Å². The zero-order valence-corrected chi connectivity index (χ0v) is 12.3. The molecule has 120 valence electrons. The summed E-state index contributed by atoms with van der Waals surface area (Å²) in [5.74, 6) is -1.03. The maximum atomic E-state index is 12.2. The van der Waals surface area contributed by atoms with Crippen LogP contribution in [0.15, 0.2) is 24.3 Å². The number of phenolic OH excluding ortho intramolecular Hbond substituents is 1. The van der Waals surface area contributed by atoms with Crippen LogP contribution in [0.4, 0.5) is 4.79 Å². The van der Waals surface area contributed by atoms with Gasteiger partial charge in [-0.3, -0.25) is 4.79 Å². The standard InChI is InChI=1S/C15H16N4O4/c16-6-1-8-18-14(21)13(10-19-15(22)23-9-7-17)11-2-4-12(20)5-3-11/h2-5,13,20H,1,8-10H2,(H,18,21)(H,19,22). The summed E-state index contributed by atoms with van der Waals surface area (Å²) in [5.41, 5.74) is 0.581. The molecular formula is C15H16N4O4. The Balaban J connectivity index is 2.74. The van der Waals surface area contributed by atoms with Crippen molar-refractivity contribution in [2.45, 2.75) is 12.3 Å². The van der Waals surface area contributed by atoms with E-state index in [4.69, 9.17) is 10.5 Å². The first kappa shape index (κ1) is 17.8. The van der Waals surface area contributed by atoms with Gasteiger partial charge in [0.15, 0.2) is 6.61 Å². The molecule has 0 saturated heterocycles. The van der Waals surface area contributed by atoms with E-state index < -0.39 is 12.0 Å². The first-order valence-corrected chi connectivity index (χ1v) is 6.79. The first-order chi connectivity index (χ1) is 11.1. The Hall–Kier alpha value is -3.26. The van der Waals surface area contributed by atoms with Crippen molar-refractivity contribution in [1.29, 1.82) is 10.5 Å². The van der Waals surface area contributed by atoms with Gasteiger partial charge < -0.3 is 20.5 Å². The SMILES string of the molecule is N#CCCNC(=O)C(CNC(=O)OCC#N)c1ccc(O)cc1. The number of aromatic hydroxyl groups is 1. The van der Waals surface area contributed by atoms with Gasteiger partial charge in [0.2, 0.25) is 5.91 Å². The lowest BCUT2D eigenvalue weighted by molar-refractivity contribution is -0.122. The quantitative estimate of drug-likeness (QED) is 0.635. The molecule has 1 aromatic rings. The number of carbonyl (C=O) groups excluding carboxylic acids is 2. The van der Waals surface area contributed by atoms with Crippen LogP contribution >= 0.6 is 0 Å². The van der Waals surface area contributed by atoms with Crippen molar-refractivity contribution in [3.63, 3.8) is 0 Å². The molecule has 1 aromatic carbocycles. The third kappa shape index (κ3) is 6.36. The third-order valence-corrected chi connectivity index (χ3v) is 2.87. The summed E-state index contributed by atoms with van der Waals surface area (Å²) in [4.78, 5) is 23.6. The number of carbonyl (C=O) groups is 2. The van der Waals surface area contributed by atoms with Gasteiger partial charge in [0.05, 0.1) is 18.4 Å². The van der Waals surface area contributed by atoms with Crippen LogP contribution in [0, 0.1) is 22.7 Å². The molecule has 23 heavy (non-hydrogen) atoms. The largest absolute Gasteiger partial charge is 0.508 e. The molecule has 0 heterocycles. The van der Waals surface area contributed by atoms with E-state index in [-0.39, 0.29) is 37.8 Å². The molecule has 1 atom stereocenters. The molecule has 0 aliphatic rings. The highest BCUT2D eigenvalue weighted by Crippen LogP contribution is 2.19. The molecule has 8 nitrogen and oxygen atoms in total. The van der Waals surface area contributed by atoms with E-state index in [1.54, 1.807) is 18.2 Å². The van der Waals surface area contributed by atoms with Crippen molar-refractivity contribution in [3.8, 4) is 17.9 Å². The molecule has 0 radical (unpaired) electrons. The lowest BCUT2D eigenvalue weighted by Gasteiger charge is -2.17. The Bertz CT molecular complexity index is 616. The number of amides is 2. The highest BCUT2D eigenvalue weighted by Gasteiger charge is 2.21. The summed E-state index contributed by atoms with van der Waals surface area (Å²) in [7, 11) is 0. The van der Waals surface area contributed by atoms with E-state index in [1.165, 1.54) is 12.1 Å². The summed E-state index contributed by atoms with van der Waals surface area (Å²) >= 11 is 0. The van der Waals surface area contributed by atoms with Crippen LogP contribution in [0.3, 0.4) is 0 Å². The fourth-order valence-electron chi connectivity index (χ4n) is 1.77. The van der Waals surface area contributed by atoms with Gasteiger partial charge in [-0.05, 0) is 17.7 Å². The fraction of sp³-hybridized carbons (Fsp3) is 0.333. The zero-order valence-electron chi connectivity index (χ0n) is 12.3. The van der Waals surface area contributed by atoms with Crippen LogP contribution in [-0.2, 0) is 9.53 Å². The summed E-state index contributed by atoms with van der Waals surface area (Å²) < 4.78 is 4.55. The van der Waals surface area contributed by atoms with Crippen LogP contribution in [0.2, 0.25) is 0 Å². The second-order valence-electron chi connectivity index (χ2n) is 4.46. The Morgan fingerprint density at radius 2 is 1.87 bits per heavy atom. The minimum absolute atomic E-state index is 0.0482. The minimum atomic E-state index is -0.805. The molecule has 1 rings (SSSR count). The van der Waals surface area contributed by atoms with Crippen LogP contribution in [0.1, 0.15) is 17.9 Å². The normalized spacial score (nSPS) is 10.7. The van der Waals surface area contributed by atoms with E-state index in [1.807, 2.05) is 6.07 Å². The number of nitrogens with one attached hydrogen (secondary N) is 2. The molecule has 2 amide bonds. The summed E-state index contributed by atoms with van der Waals surface area (Å²) in [6.45, 7) is -0.236. The van der Waals surface area contributed by atoms with Gasteiger partial charge in [0.1, 0.15) is 11.8 Å². The number of hydrogen-bond donors (Lipinski definition) is 3. The predicted octanol–water partition coefficient (Wildman–Crippen LogP) is 0.755. The van der Waals surface area contributed by atoms with Gasteiger partial charge in [0, 0.05) is 13.1 Å². The minimum Gasteiger partial charge on any atom is -0.508 e. The van der Waals surface area contributed by atoms with Crippen molar-refractivity contribution in [1.82, 2.24) is 10.6 Å². The molecule has 0 bridgehead atoms. The molecule has 3 N–H and O–H groups in total. The number of nitrogens with zero attached hydrogens (tertiary/aromatic N) is 2. The third-order valence-electron chi connectivity index (χ3n) is 2.87. The van der Waals surface area contributed by atoms with Crippen molar-refractivity contribution < 1.29 is 19.4 Å². The van der Waals surface area contributed by atoms with E-state index >= 15 is 0 Å². The Morgan fingerprint density at radius 3 is 2.48 bits per heavy atom. The van der Waals surface area contributed by atoms with Crippen LogP contribution < -0.4 is 10.6 Å². The van der Waals surface area contributed by atoms with E-state index in [2.05, 4.69) is 15.4 Å². The lowest BCUT2D eigenvalue weighted by Crippen LogP contribution is -2.38. The number of alkyl carbamates (subject to hydrolysis) is 1. The van der Waals surface area contributed by atoms with Crippen LogP contribution in [-0.4, -0.2) is 36.8 Å². The predicted molar refractivity (Wildman–Crippen MR) is 79.1 cm³/mol. The number of ether oxygens (including phenoxy) is 1. The molecule has 0 aliphatic carbocycles. The van der Waals surface area contributed by atoms with Crippen molar-refractivity contribution in [2.24, 2.45) is 0 Å². The Morgan fingerprint density at radius 1 is 1.17 bits per heavy atom. The Labute approximate surface area is 133 Å². The van der Waals surface area contributed by atoms with Gasteiger partial charge in [0.25, 0.3) is 0 Å². The molecular weight excluding hydrogens is 300 g/mol. The number of hydrogen-bond acceptors (Lipinski definition) is 6. The molecule has 8 heteroatoms. The number of benzene rings is 1. The number of rotatable bonds is 7. The maximum Gasteiger partial charge on any atom is 0.408 e.